The van der Waals surface area contributed by atoms with E-state index in [4.69, 9.17) is 14.2 Å². The molecule has 4 heterocycles. The summed E-state index contributed by atoms with van der Waals surface area (Å²) in [4.78, 5) is 24.1. The molecular formula is C21H26N4O3. The van der Waals surface area contributed by atoms with Gasteiger partial charge in [-0.3, -0.25) is 4.79 Å². The quantitative estimate of drug-likeness (QED) is 0.812. The van der Waals surface area contributed by atoms with Crippen molar-refractivity contribution in [3.05, 3.63) is 40.3 Å². The smallest absolute Gasteiger partial charge is 0.227 e. The number of fused-ring (bicyclic) bond motifs is 2. The van der Waals surface area contributed by atoms with Crippen LogP contribution in [0, 0.1) is 13.8 Å². The molecule has 7 heteroatoms. The van der Waals surface area contributed by atoms with Gasteiger partial charge in [-0.1, -0.05) is 24.4 Å². The highest BCUT2D eigenvalue weighted by atomic mass is 16.5. The molecule has 0 unspecified atom stereocenters. The molecule has 2 aromatic heterocycles. The highest BCUT2D eigenvalue weighted by Gasteiger charge is 2.52. The number of likely N-dealkylation sites (tertiary alicyclic amines) is 1. The molecular weight excluding hydrogens is 356 g/mol. The Morgan fingerprint density at radius 1 is 1.25 bits per heavy atom. The fourth-order valence-corrected chi connectivity index (χ4v) is 4.79. The second-order valence-corrected chi connectivity index (χ2v) is 8.44. The Kier molecular flexibility index (Phi) is 4.23. The molecule has 0 N–H and O–H groups in total. The molecule has 0 aromatic carbocycles. The third kappa shape index (κ3) is 2.83. The standard InChI is InChI=1S/C21H26N4O3/c1-13-16(14(2)28-24-13)8-19(26)25-11-21(12-25)17-9-22-20(23-18(17)10-27-21)15-6-4-3-5-7-15/h9,15H,3-8,10-12H2,1-2H3. The van der Waals surface area contributed by atoms with E-state index >= 15 is 0 Å². The van der Waals surface area contributed by atoms with Gasteiger partial charge in [0.1, 0.15) is 17.2 Å². The lowest BCUT2D eigenvalue weighted by atomic mass is 9.86. The van der Waals surface area contributed by atoms with Gasteiger partial charge in [-0.05, 0) is 26.7 Å². The number of carbonyl (C=O) groups excluding carboxylic acids is 1. The van der Waals surface area contributed by atoms with Crippen LogP contribution in [-0.2, 0) is 28.2 Å². The Balaban J connectivity index is 1.27. The number of rotatable bonds is 3. The second-order valence-electron chi connectivity index (χ2n) is 8.44. The molecule has 1 saturated carbocycles. The van der Waals surface area contributed by atoms with Crippen LogP contribution in [0.1, 0.15) is 72.1 Å². The Labute approximate surface area is 164 Å². The van der Waals surface area contributed by atoms with E-state index in [0.717, 1.165) is 28.3 Å². The van der Waals surface area contributed by atoms with Crippen molar-refractivity contribution in [3.63, 3.8) is 0 Å². The van der Waals surface area contributed by atoms with E-state index in [1.165, 1.54) is 32.1 Å². The summed E-state index contributed by atoms with van der Waals surface area (Å²) in [5.41, 5.74) is 3.32. The van der Waals surface area contributed by atoms with E-state index in [9.17, 15) is 4.79 Å². The van der Waals surface area contributed by atoms with Gasteiger partial charge >= 0.3 is 0 Å². The van der Waals surface area contributed by atoms with E-state index in [-0.39, 0.29) is 5.91 Å². The molecule has 1 spiro atoms. The maximum absolute atomic E-state index is 12.7. The Bertz CT molecular complexity index is 891. The van der Waals surface area contributed by atoms with Crippen molar-refractivity contribution in [2.24, 2.45) is 0 Å². The molecule has 1 saturated heterocycles. The monoisotopic (exact) mass is 382 g/mol. The topological polar surface area (TPSA) is 81.4 Å². The summed E-state index contributed by atoms with van der Waals surface area (Å²) in [6.45, 7) is 5.36. The van der Waals surface area contributed by atoms with Crippen LogP contribution >= 0.6 is 0 Å². The molecule has 2 fully saturated rings. The van der Waals surface area contributed by atoms with Crippen molar-refractivity contribution in [2.75, 3.05) is 13.1 Å². The maximum atomic E-state index is 12.7. The van der Waals surface area contributed by atoms with Crippen LogP contribution in [0.5, 0.6) is 0 Å². The minimum atomic E-state index is -0.422. The third-order valence-corrected chi connectivity index (χ3v) is 6.59. The number of carbonyl (C=O) groups is 1. The number of aryl methyl sites for hydroxylation is 2. The lowest BCUT2D eigenvalue weighted by Gasteiger charge is -2.47. The van der Waals surface area contributed by atoms with E-state index in [1.807, 2.05) is 24.9 Å². The molecule has 2 aromatic rings. The minimum Gasteiger partial charge on any atom is -0.361 e. The molecule has 5 rings (SSSR count). The Morgan fingerprint density at radius 3 is 2.75 bits per heavy atom. The first-order valence-corrected chi connectivity index (χ1v) is 10.3. The van der Waals surface area contributed by atoms with E-state index in [1.54, 1.807) is 0 Å². The predicted molar refractivity (Wildman–Crippen MR) is 101 cm³/mol. The van der Waals surface area contributed by atoms with Gasteiger partial charge in [0.25, 0.3) is 0 Å². The highest BCUT2D eigenvalue weighted by molar-refractivity contribution is 5.80. The van der Waals surface area contributed by atoms with Crippen molar-refractivity contribution in [2.45, 2.75) is 70.5 Å². The van der Waals surface area contributed by atoms with Crippen LogP contribution in [0.25, 0.3) is 0 Å². The van der Waals surface area contributed by atoms with E-state index in [0.29, 0.717) is 37.8 Å². The van der Waals surface area contributed by atoms with Crippen LogP contribution in [0.15, 0.2) is 10.7 Å². The molecule has 0 bridgehead atoms. The summed E-state index contributed by atoms with van der Waals surface area (Å²) in [7, 11) is 0. The minimum absolute atomic E-state index is 0.0804. The van der Waals surface area contributed by atoms with Crippen LogP contribution < -0.4 is 0 Å². The third-order valence-electron chi connectivity index (χ3n) is 6.59. The maximum Gasteiger partial charge on any atom is 0.227 e. The summed E-state index contributed by atoms with van der Waals surface area (Å²) < 4.78 is 11.3. The van der Waals surface area contributed by atoms with Crippen LogP contribution in [-0.4, -0.2) is 39.0 Å². The molecule has 2 aliphatic heterocycles. The summed E-state index contributed by atoms with van der Waals surface area (Å²) >= 11 is 0. The van der Waals surface area contributed by atoms with E-state index in [2.05, 4.69) is 10.1 Å². The number of nitrogens with zero attached hydrogens (tertiary/aromatic N) is 4. The van der Waals surface area contributed by atoms with Gasteiger partial charge in [-0.25, -0.2) is 9.97 Å². The van der Waals surface area contributed by atoms with Crippen molar-refractivity contribution in [1.29, 1.82) is 0 Å². The van der Waals surface area contributed by atoms with Gasteiger partial charge in [-0.2, -0.15) is 0 Å². The molecule has 28 heavy (non-hydrogen) atoms. The summed E-state index contributed by atoms with van der Waals surface area (Å²) in [5, 5.41) is 3.93. The van der Waals surface area contributed by atoms with Crippen molar-refractivity contribution in [3.8, 4) is 0 Å². The van der Waals surface area contributed by atoms with Gasteiger partial charge < -0.3 is 14.2 Å². The van der Waals surface area contributed by atoms with Crippen LogP contribution in [0.3, 0.4) is 0 Å². The summed E-state index contributed by atoms with van der Waals surface area (Å²) in [6.07, 6.45) is 8.52. The van der Waals surface area contributed by atoms with Crippen LogP contribution in [0.4, 0.5) is 0 Å². The number of hydrogen-bond acceptors (Lipinski definition) is 6. The largest absolute Gasteiger partial charge is 0.361 e. The Hall–Kier alpha value is -2.28. The number of amides is 1. The van der Waals surface area contributed by atoms with Crippen molar-refractivity contribution in [1.82, 2.24) is 20.0 Å². The molecule has 3 aliphatic rings. The molecule has 7 nitrogen and oxygen atoms in total. The number of ether oxygens (including phenoxy) is 1. The lowest BCUT2D eigenvalue weighted by Crippen LogP contribution is -2.61. The van der Waals surface area contributed by atoms with Crippen LogP contribution in [0.2, 0.25) is 0 Å². The van der Waals surface area contributed by atoms with Crippen molar-refractivity contribution < 1.29 is 14.1 Å². The first-order chi connectivity index (χ1) is 13.6. The average molecular weight is 382 g/mol. The van der Waals surface area contributed by atoms with Gasteiger partial charge in [0, 0.05) is 23.2 Å². The number of hydrogen-bond donors (Lipinski definition) is 0. The SMILES string of the molecule is Cc1noc(C)c1CC(=O)N1CC2(C1)OCc1nc(C3CCCCC3)ncc12. The summed E-state index contributed by atoms with van der Waals surface area (Å²) in [6, 6.07) is 0. The fourth-order valence-electron chi connectivity index (χ4n) is 4.79. The first-order valence-electron chi connectivity index (χ1n) is 10.3. The summed E-state index contributed by atoms with van der Waals surface area (Å²) in [5.74, 6) is 2.26. The zero-order valence-corrected chi connectivity index (χ0v) is 16.5. The van der Waals surface area contributed by atoms with Gasteiger partial charge in [-0.15, -0.1) is 0 Å². The first kappa shape index (κ1) is 17.8. The van der Waals surface area contributed by atoms with Gasteiger partial charge in [0.05, 0.1) is 37.5 Å². The van der Waals surface area contributed by atoms with Crippen molar-refractivity contribution >= 4 is 5.91 Å². The molecule has 0 radical (unpaired) electrons. The molecule has 1 amide bonds. The molecule has 0 atom stereocenters. The van der Waals surface area contributed by atoms with Gasteiger partial charge in [0.2, 0.25) is 5.91 Å². The molecule has 148 valence electrons. The van der Waals surface area contributed by atoms with E-state index < -0.39 is 5.60 Å². The second kappa shape index (κ2) is 6.65. The normalized spacial score (nSPS) is 21.0. The highest BCUT2D eigenvalue weighted by Crippen LogP contribution is 2.43. The average Bonchev–Trinajstić information content (AvgIpc) is 3.22. The van der Waals surface area contributed by atoms with Gasteiger partial charge in [0.15, 0.2) is 0 Å². The lowest BCUT2D eigenvalue weighted by molar-refractivity contribution is -0.168. The molecule has 1 aliphatic carbocycles. The zero-order chi connectivity index (χ0) is 19.3. The predicted octanol–water partition coefficient (Wildman–Crippen LogP) is 2.94. The number of aromatic nitrogens is 3. The zero-order valence-electron chi connectivity index (χ0n) is 16.5. The Morgan fingerprint density at radius 2 is 2.04 bits per heavy atom. The fraction of sp³-hybridized carbons (Fsp3) is 0.619.